The summed E-state index contributed by atoms with van der Waals surface area (Å²) in [6.07, 6.45) is -3.95. The van der Waals surface area contributed by atoms with E-state index in [1.54, 1.807) is 20.8 Å². The van der Waals surface area contributed by atoms with E-state index in [-0.39, 0.29) is 35.8 Å². The Morgan fingerprint density at radius 3 is 2.33 bits per heavy atom. The number of likely N-dealkylation sites (tertiary alicyclic amines) is 1. The Morgan fingerprint density at radius 1 is 1.15 bits per heavy atom. The first-order chi connectivity index (χ1) is 12.4. The van der Waals surface area contributed by atoms with Crippen LogP contribution >= 0.6 is 0 Å². The summed E-state index contributed by atoms with van der Waals surface area (Å²) in [4.78, 5) is 26.1. The fourth-order valence-electron chi connectivity index (χ4n) is 5.59. The third-order valence-corrected chi connectivity index (χ3v) is 6.20. The average molecular weight is 390 g/mol. The van der Waals surface area contributed by atoms with Gasteiger partial charge in [0.1, 0.15) is 12.0 Å². The molecule has 1 N–H and O–H groups in total. The molecule has 0 spiro atoms. The maximum atomic E-state index is 12.8. The topological polar surface area (TPSA) is 58.6 Å². The van der Waals surface area contributed by atoms with Crippen LogP contribution in [0.3, 0.4) is 0 Å². The molecular formula is C19H29F3N2O3. The van der Waals surface area contributed by atoms with E-state index in [2.05, 4.69) is 5.32 Å². The zero-order valence-corrected chi connectivity index (χ0v) is 16.3. The molecule has 0 aromatic rings. The van der Waals surface area contributed by atoms with Crippen LogP contribution in [0.2, 0.25) is 0 Å². The van der Waals surface area contributed by atoms with Crippen molar-refractivity contribution in [1.82, 2.24) is 10.2 Å². The van der Waals surface area contributed by atoms with Gasteiger partial charge >= 0.3 is 12.3 Å². The molecule has 8 heteroatoms. The van der Waals surface area contributed by atoms with Crippen LogP contribution in [-0.2, 0) is 9.53 Å². The van der Waals surface area contributed by atoms with Crippen molar-refractivity contribution in [2.24, 2.45) is 23.7 Å². The number of nitrogens with zero attached hydrogens (tertiary/aromatic N) is 1. The van der Waals surface area contributed by atoms with Crippen molar-refractivity contribution in [3.05, 3.63) is 0 Å². The van der Waals surface area contributed by atoms with Gasteiger partial charge in [0.2, 0.25) is 5.91 Å². The molecule has 3 unspecified atom stereocenters. The minimum atomic E-state index is -4.50. The number of halogens is 3. The van der Waals surface area contributed by atoms with E-state index in [4.69, 9.17) is 4.74 Å². The van der Waals surface area contributed by atoms with Crippen molar-refractivity contribution < 1.29 is 27.5 Å². The molecule has 1 saturated heterocycles. The van der Waals surface area contributed by atoms with Crippen LogP contribution in [0.5, 0.6) is 0 Å². The minimum absolute atomic E-state index is 0.00264. The van der Waals surface area contributed by atoms with E-state index in [0.29, 0.717) is 6.54 Å². The number of ether oxygens (including phenoxy) is 1. The number of hydrogen-bond acceptors (Lipinski definition) is 3. The normalized spacial score (nSPS) is 35.3. The second-order valence-corrected chi connectivity index (χ2v) is 9.24. The molecule has 154 valence electrons. The molecule has 1 aliphatic heterocycles. The van der Waals surface area contributed by atoms with Crippen molar-refractivity contribution in [2.45, 2.75) is 77.2 Å². The number of alkyl carbamates (subject to hydrolysis) is 1. The van der Waals surface area contributed by atoms with Crippen LogP contribution in [0, 0.1) is 23.7 Å². The fourth-order valence-corrected chi connectivity index (χ4v) is 5.59. The van der Waals surface area contributed by atoms with Crippen molar-refractivity contribution in [1.29, 1.82) is 0 Å². The highest BCUT2D eigenvalue weighted by Gasteiger charge is 2.60. The van der Waals surface area contributed by atoms with Crippen molar-refractivity contribution >= 4 is 12.0 Å². The van der Waals surface area contributed by atoms with E-state index in [0.717, 1.165) is 19.3 Å². The Morgan fingerprint density at radius 2 is 1.78 bits per heavy atom. The van der Waals surface area contributed by atoms with E-state index in [1.165, 1.54) is 4.90 Å². The molecule has 27 heavy (non-hydrogen) atoms. The second-order valence-electron chi connectivity index (χ2n) is 9.24. The van der Waals surface area contributed by atoms with Gasteiger partial charge in [-0.2, -0.15) is 13.2 Å². The molecule has 2 aliphatic carbocycles. The molecule has 0 aromatic heterocycles. The third-order valence-electron chi connectivity index (χ3n) is 6.20. The quantitative estimate of drug-likeness (QED) is 0.799. The van der Waals surface area contributed by atoms with Gasteiger partial charge in [-0.1, -0.05) is 13.3 Å². The van der Waals surface area contributed by atoms with E-state index in [1.807, 2.05) is 6.92 Å². The monoisotopic (exact) mass is 390 g/mol. The van der Waals surface area contributed by atoms with Crippen molar-refractivity contribution in [3.8, 4) is 0 Å². The summed E-state index contributed by atoms with van der Waals surface area (Å²) in [6, 6.07) is -0.374. The molecular weight excluding hydrogens is 361 g/mol. The maximum Gasteiger partial charge on any atom is 0.407 e. The average Bonchev–Trinajstić information content (AvgIpc) is 2.63. The molecule has 5 nitrogen and oxygen atoms in total. The van der Waals surface area contributed by atoms with Crippen LogP contribution in [-0.4, -0.2) is 47.3 Å². The molecule has 1 heterocycles. The van der Waals surface area contributed by atoms with Crippen molar-refractivity contribution in [2.75, 3.05) is 6.54 Å². The van der Waals surface area contributed by atoms with Gasteiger partial charge in [0.15, 0.2) is 0 Å². The Kier molecular flexibility index (Phi) is 5.14. The first kappa shape index (κ1) is 20.3. The standard InChI is InChI=1S/C19H29F3N2O3/c1-5-11-12-6-10-7-13(15(12)23-17(26)27-18(2,3)4)16(11)24(9-10)14(25)8-19(20,21)22/h10-13,15-16H,5-9H2,1-4H3,(H,23,26)/t10?,11-,12-,13-,15?,16?/m0/s1. The van der Waals surface area contributed by atoms with Gasteiger partial charge in [-0.25, -0.2) is 4.79 Å². The molecule has 0 aromatic carbocycles. The first-order valence-electron chi connectivity index (χ1n) is 9.75. The molecule has 2 amide bonds. The van der Waals surface area contributed by atoms with Gasteiger partial charge in [-0.15, -0.1) is 0 Å². The SMILES string of the molecule is CC[C@@H]1C2[C@H]3CC(C[C@@H]1C3NC(=O)OC(C)(C)C)CN2C(=O)CC(F)(F)F. The van der Waals surface area contributed by atoms with E-state index < -0.39 is 30.2 Å². The summed E-state index contributed by atoms with van der Waals surface area (Å²) in [6.45, 7) is 7.78. The molecule has 2 saturated carbocycles. The highest BCUT2D eigenvalue weighted by molar-refractivity contribution is 5.77. The Balaban J connectivity index is 1.79. The number of hydrogen-bond donors (Lipinski definition) is 1. The molecule has 6 atom stereocenters. The van der Waals surface area contributed by atoms with E-state index >= 15 is 0 Å². The van der Waals surface area contributed by atoms with Gasteiger partial charge in [0, 0.05) is 24.5 Å². The van der Waals surface area contributed by atoms with Crippen LogP contribution in [0.4, 0.5) is 18.0 Å². The highest BCUT2D eigenvalue weighted by atomic mass is 19.4. The predicted octanol–water partition coefficient (Wildman–Crippen LogP) is 3.73. The zero-order chi connectivity index (χ0) is 20.1. The summed E-state index contributed by atoms with van der Waals surface area (Å²) >= 11 is 0. The van der Waals surface area contributed by atoms with Gasteiger partial charge in [-0.05, 0) is 51.4 Å². The Labute approximate surface area is 158 Å². The van der Waals surface area contributed by atoms with Crippen molar-refractivity contribution in [3.63, 3.8) is 0 Å². The lowest BCUT2D eigenvalue weighted by Crippen LogP contribution is -2.56. The third kappa shape index (κ3) is 4.19. The lowest BCUT2D eigenvalue weighted by atomic mass is 9.74. The van der Waals surface area contributed by atoms with Gasteiger partial charge in [0.25, 0.3) is 0 Å². The maximum absolute atomic E-state index is 12.8. The number of alkyl halides is 3. The summed E-state index contributed by atoms with van der Waals surface area (Å²) in [5, 5.41) is 2.97. The molecule has 3 fully saturated rings. The number of piperidine rings is 1. The predicted molar refractivity (Wildman–Crippen MR) is 92.8 cm³/mol. The smallest absolute Gasteiger partial charge is 0.407 e. The van der Waals surface area contributed by atoms with E-state index in [9.17, 15) is 22.8 Å². The summed E-state index contributed by atoms with van der Waals surface area (Å²) in [7, 11) is 0. The number of carbonyl (C=O) groups excluding carboxylic acids is 2. The summed E-state index contributed by atoms with van der Waals surface area (Å²) in [5.74, 6) is -0.336. The number of amides is 2. The van der Waals surface area contributed by atoms with Crippen LogP contribution in [0.15, 0.2) is 0 Å². The number of carbonyl (C=O) groups is 2. The first-order valence-corrected chi connectivity index (χ1v) is 9.75. The lowest BCUT2D eigenvalue weighted by molar-refractivity contribution is -0.166. The van der Waals surface area contributed by atoms with Crippen LogP contribution < -0.4 is 5.32 Å². The Bertz CT molecular complexity index is 602. The molecule has 3 bridgehead atoms. The highest BCUT2D eigenvalue weighted by Crippen LogP contribution is 2.55. The largest absolute Gasteiger partial charge is 0.444 e. The number of rotatable bonds is 3. The minimum Gasteiger partial charge on any atom is -0.444 e. The van der Waals surface area contributed by atoms with Crippen LogP contribution in [0.1, 0.15) is 53.4 Å². The summed E-state index contributed by atoms with van der Waals surface area (Å²) in [5.41, 5.74) is -0.615. The molecule has 3 rings (SSSR count). The fraction of sp³-hybridized carbons (Fsp3) is 0.895. The van der Waals surface area contributed by atoms with Gasteiger partial charge in [0.05, 0.1) is 0 Å². The zero-order valence-electron chi connectivity index (χ0n) is 16.3. The van der Waals surface area contributed by atoms with Crippen LogP contribution in [0.25, 0.3) is 0 Å². The number of fused-ring (bicyclic) bond motifs is 2. The van der Waals surface area contributed by atoms with Gasteiger partial charge in [-0.3, -0.25) is 4.79 Å². The Hall–Kier alpha value is -1.47. The lowest BCUT2D eigenvalue weighted by Gasteiger charge is -2.45. The molecule has 0 radical (unpaired) electrons. The van der Waals surface area contributed by atoms with Gasteiger partial charge < -0.3 is 15.0 Å². The second kappa shape index (κ2) is 6.85. The summed E-state index contributed by atoms with van der Waals surface area (Å²) < 4.78 is 43.7. The molecule has 3 aliphatic rings. The number of nitrogens with one attached hydrogen (secondary N) is 1.